The lowest BCUT2D eigenvalue weighted by atomic mass is 10.2. The largest absolute Gasteiger partial charge is 0.497 e. The molecule has 1 heterocycles. The van der Waals surface area contributed by atoms with Crippen molar-refractivity contribution in [2.24, 2.45) is 0 Å². The van der Waals surface area contributed by atoms with Crippen molar-refractivity contribution in [1.29, 1.82) is 0 Å². The molecule has 0 radical (unpaired) electrons. The van der Waals surface area contributed by atoms with Crippen molar-refractivity contribution in [3.8, 4) is 28.7 Å². The Morgan fingerprint density at radius 2 is 1.89 bits per heavy atom. The van der Waals surface area contributed by atoms with Crippen molar-refractivity contribution in [2.45, 2.75) is 12.1 Å². The molecule has 8 heteroatoms. The summed E-state index contributed by atoms with van der Waals surface area (Å²) < 4.78 is 22.1. The van der Waals surface area contributed by atoms with Crippen molar-refractivity contribution in [2.75, 3.05) is 26.1 Å². The van der Waals surface area contributed by atoms with E-state index in [0.717, 1.165) is 17.6 Å². The third-order valence-electron chi connectivity index (χ3n) is 3.71. The minimum absolute atomic E-state index is 0.422. The molecule has 1 aromatic heterocycles. The standard InChI is InChI=1S/C20H20N2O5S/c1-3-25-18-12-14(13-23)4-9-17(18)26-10-11-28-20-22-21-19(27-20)15-5-7-16(24-2)8-6-15/h4-9,12-13H,3,10-11H2,1-2H3. The molecule has 3 aromatic rings. The van der Waals surface area contributed by atoms with Crippen molar-refractivity contribution in [3.63, 3.8) is 0 Å². The molecule has 0 N–H and O–H groups in total. The average molecular weight is 400 g/mol. The summed E-state index contributed by atoms with van der Waals surface area (Å²) in [6.45, 7) is 2.79. The summed E-state index contributed by atoms with van der Waals surface area (Å²) in [5.41, 5.74) is 1.37. The molecule has 0 aliphatic rings. The molecule has 0 bridgehead atoms. The minimum Gasteiger partial charge on any atom is -0.497 e. The predicted molar refractivity (Wildman–Crippen MR) is 106 cm³/mol. The SMILES string of the molecule is CCOc1cc(C=O)ccc1OCCSc1nnc(-c2ccc(OC)cc2)o1. The topological polar surface area (TPSA) is 83.7 Å². The van der Waals surface area contributed by atoms with Crippen LogP contribution in [0.4, 0.5) is 0 Å². The first-order valence-corrected chi connectivity index (χ1v) is 9.67. The lowest BCUT2D eigenvalue weighted by Crippen LogP contribution is -2.03. The van der Waals surface area contributed by atoms with Crippen LogP contribution in [0.1, 0.15) is 17.3 Å². The second kappa shape index (κ2) is 9.80. The van der Waals surface area contributed by atoms with Crippen LogP contribution in [0, 0.1) is 0 Å². The maximum atomic E-state index is 10.9. The number of benzene rings is 2. The molecule has 0 saturated heterocycles. The number of hydrogen-bond acceptors (Lipinski definition) is 8. The lowest BCUT2D eigenvalue weighted by molar-refractivity contribution is 0.112. The summed E-state index contributed by atoms with van der Waals surface area (Å²) in [6.07, 6.45) is 0.776. The number of nitrogens with zero attached hydrogens (tertiary/aromatic N) is 2. The Bertz CT molecular complexity index is 911. The zero-order valence-electron chi connectivity index (χ0n) is 15.6. The Morgan fingerprint density at radius 1 is 1.07 bits per heavy atom. The molecule has 7 nitrogen and oxygen atoms in total. The summed E-state index contributed by atoms with van der Waals surface area (Å²) in [5.74, 6) is 2.98. The number of ether oxygens (including phenoxy) is 3. The molecule has 0 amide bonds. The molecule has 0 unspecified atom stereocenters. The van der Waals surface area contributed by atoms with E-state index >= 15 is 0 Å². The van der Waals surface area contributed by atoms with E-state index in [4.69, 9.17) is 18.6 Å². The molecule has 0 aliphatic carbocycles. The minimum atomic E-state index is 0.422. The maximum absolute atomic E-state index is 10.9. The Morgan fingerprint density at radius 3 is 2.61 bits per heavy atom. The number of aldehydes is 1. The van der Waals surface area contributed by atoms with Gasteiger partial charge < -0.3 is 18.6 Å². The van der Waals surface area contributed by atoms with Crippen LogP contribution in [0.2, 0.25) is 0 Å². The van der Waals surface area contributed by atoms with Gasteiger partial charge in [0.15, 0.2) is 11.5 Å². The fourth-order valence-corrected chi connectivity index (χ4v) is 2.96. The normalized spacial score (nSPS) is 10.5. The van der Waals surface area contributed by atoms with Crippen LogP contribution in [0.25, 0.3) is 11.5 Å². The summed E-state index contributed by atoms with van der Waals surface area (Å²) in [4.78, 5) is 10.9. The van der Waals surface area contributed by atoms with Gasteiger partial charge in [0, 0.05) is 16.9 Å². The van der Waals surface area contributed by atoms with E-state index in [9.17, 15) is 4.79 Å². The van der Waals surface area contributed by atoms with Gasteiger partial charge in [-0.25, -0.2) is 0 Å². The van der Waals surface area contributed by atoms with Crippen LogP contribution < -0.4 is 14.2 Å². The lowest BCUT2D eigenvalue weighted by Gasteiger charge is -2.11. The van der Waals surface area contributed by atoms with E-state index in [1.54, 1.807) is 25.3 Å². The predicted octanol–water partition coefficient (Wildman–Crippen LogP) is 4.13. The number of carbonyl (C=O) groups excluding carboxylic acids is 1. The molecule has 0 spiro atoms. The highest BCUT2D eigenvalue weighted by Gasteiger charge is 2.10. The van der Waals surface area contributed by atoms with Crippen molar-refractivity contribution in [1.82, 2.24) is 10.2 Å². The first kappa shape index (κ1) is 19.8. The smallest absolute Gasteiger partial charge is 0.276 e. The van der Waals surface area contributed by atoms with Gasteiger partial charge in [-0.3, -0.25) is 4.79 Å². The van der Waals surface area contributed by atoms with Crippen LogP contribution in [-0.2, 0) is 0 Å². The molecule has 28 heavy (non-hydrogen) atoms. The van der Waals surface area contributed by atoms with Crippen LogP contribution in [0.3, 0.4) is 0 Å². The third kappa shape index (κ3) is 5.04. The van der Waals surface area contributed by atoms with Gasteiger partial charge in [-0.1, -0.05) is 11.8 Å². The number of aromatic nitrogens is 2. The van der Waals surface area contributed by atoms with Gasteiger partial charge in [0.2, 0.25) is 5.89 Å². The molecule has 0 saturated carbocycles. The molecule has 0 aliphatic heterocycles. The number of rotatable bonds is 10. The van der Waals surface area contributed by atoms with Gasteiger partial charge in [0.1, 0.15) is 12.0 Å². The van der Waals surface area contributed by atoms with Gasteiger partial charge in [-0.15, -0.1) is 10.2 Å². The van der Waals surface area contributed by atoms with E-state index in [-0.39, 0.29) is 0 Å². The Kier molecular flexibility index (Phi) is 6.91. The van der Waals surface area contributed by atoms with Crippen LogP contribution in [0.5, 0.6) is 17.2 Å². The third-order valence-corrected chi connectivity index (χ3v) is 4.50. The van der Waals surface area contributed by atoms with Crippen LogP contribution >= 0.6 is 11.8 Å². The first-order chi connectivity index (χ1) is 13.7. The quantitative estimate of drug-likeness (QED) is 0.285. The average Bonchev–Trinajstić information content (AvgIpc) is 3.21. The highest BCUT2D eigenvalue weighted by atomic mass is 32.2. The first-order valence-electron chi connectivity index (χ1n) is 8.69. The monoisotopic (exact) mass is 400 g/mol. The maximum Gasteiger partial charge on any atom is 0.276 e. The second-order valence-corrected chi connectivity index (χ2v) is 6.60. The molecule has 0 fully saturated rings. The zero-order chi connectivity index (χ0) is 19.8. The van der Waals surface area contributed by atoms with Crippen molar-refractivity contribution >= 4 is 18.0 Å². The Balaban J connectivity index is 1.53. The molecular weight excluding hydrogens is 380 g/mol. The molecule has 3 rings (SSSR count). The summed E-state index contributed by atoms with van der Waals surface area (Å²) in [7, 11) is 1.62. The van der Waals surface area contributed by atoms with Gasteiger partial charge in [0.05, 0.1) is 20.3 Å². The highest BCUT2D eigenvalue weighted by molar-refractivity contribution is 7.99. The fraction of sp³-hybridized carbons (Fsp3) is 0.250. The van der Waals surface area contributed by atoms with Gasteiger partial charge >= 0.3 is 0 Å². The van der Waals surface area contributed by atoms with Crippen LogP contribution in [-0.4, -0.2) is 42.6 Å². The van der Waals surface area contributed by atoms with Gasteiger partial charge in [0.25, 0.3) is 5.22 Å². The van der Waals surface area contributed by atoms with E-state index in [1.165, 1.54) is 11.8 Å². The van der Waals surface area contributed by atoms with Gasteiger partial charge in [-0.05, 0) is 49.4 Å². The van der Waals surface area contributed by atoms with E-state index < -0.39 is 0 Å². The van der Waals surface area contributed by atoms with Crippen molar-refractivity contribution in [3.05, 3.63) is 48.0 Å². The number of methoxy groups -OCH3 is 1. The highest BCUT2D eigenvalue weighted by Crippen LogP contribution is 2.29. The molecule has 0 atom stereocenters. The fourth-order valence-electron chi connectivity index (χ4n) is 2.38. The Hall–Kier alpha value is -3.00. The second-order valence-electron chi connectivity index (χ2n) is 5.56. The van der Waals surface area contributed by atoms with Gasteiger partial charge in [-0.2, -0.15) is 0 Å². The number of carbonyl (C=O) groups is 1. The van der Waals surface area contributed by atoms with Crippen molar-refractivity contribution < 1.29 is 23.4 Å². The van der Waals surface area contributed by atoms with E-state index in [1.807, 2.05) is 31.2 Å². The number of hydrogen-bond donors (Lipinski definition) is 0. The van der Waals surface area contributed by atoms with E-state index in [0.29, 0.717) is 47.1 Å². The number of thioether (sulfide) groups is 1. The summed E-state index contributed by atoms with van der Waals surface area (Å²) in [5, 5.41) is 8.58. The molecular formula is C20H20N2O5S. The van der Waals surface area contributed by atoms with Crippen LogP contribution in [0.15, 0.2) is 52.1 Å². The zero-order valence-corrected chi connectivity index (χ0v) is 16.4. The molecule has 146 valence electrons. The Labute approximate surface area is 167 Å². The van der Waals surface area contributed by atoms with E-state index in [2.05, 4.69) is 10.2 Å². The summed E-state index contributed by atoms with van der Waals surface area (Å²) in [6, 6.07) is 12.5. The molecule has 2 aromatic carbocycles. The summed E-state index contributed by atoms with van der Waals surface area (Å²) >= 11 is 1.40.